The van der Waals surface area contributed by atoms with E-state index in [1.165, 1.54) is 0 Å². The van der Waals surface area contributed by atoms with Crippen LogP contribution in [0.2, 0.25) is 0 Å². The largest absolute Gasteiger partial charge is 0.481 e. The number of aliphatic carboxylic acids is 1. The molecular weight excluding hydrogens is 242 g/mol. The van der Waals surface area contributed by atoms with Crippen LogP contribution in [0.4, 0.5) is 0 Å². The highest BCUT2D eigenvalue weighted by molar-refractivity contribution is 5.85. The SMILES string of the molecule is CCC1C[C@H](C(=O)N(C)CC(C)(C)C)[C@H](C(=O)O)C1. The molecule has 19 heavy (non-hydrogen) atoms. The molecule has 1 fully saturated rings. The maximum atomic E-state index is 12.5. The second kappa shape index (κ2) is 5.93. The summed E-state index contributed by atoms with van der Waals surface area (Å²) in [6, 6.07) is 0. The Morgan fingerprint density at radius 2 is 1.74 bits per heavy atom. The van der Waals surface area contributed by atoms with Crippen molar-refractivity contribution < 1.29 is 14.7 Å². The summed E-state index contributed by atoms with van der Waals surface area (Å²) in [5.41, 5.74) is 0.0336. The van der Waals surface area contributed by atoms with E-state index in [0.717, 1.165) is 12.8 Å². The summed E-state index contributed by atoms with van der Waals surface area (Å²) < 4.78 is 0. The average molecular weight is 269 g/mol. The summed E-state index contributed by atoms with van der Waals surface area (Å²) in [6.07, 6.45) is 2.32. The Bertz CT molecular complexity index is 346. The third kappa shape index (κ3) is 4.22. The zero-order valence-electron chi connectivity index (χ0n) is 12.8. The van der Waals surface area contributed by atoms with Crippen molar-refractivity contribution in [2.45, 2.75) is 47.0 Å². The van der Waals surface area contributed by atoms with Crippen molar-refractivity contribution >= 4 is 11.9 Å². The number of carboxylic acid groups (broad SMARTS) is 1. The number of hydrogen-bond acceptors (Lipinski definition) is 2. The van der Waals surface area contributed by atoms with Crippen molar-refractivity contribution in [1.82, 2.24) is 4.90 Å². The van der Waals surface area contributed by atoms with Gasteiger partial charge in [0.05, 0.1) is 11.8 Å². The summed E-state index contributed by atoms with van der Waals surface area (Å²) in [7, 11) is 1.78. The van der Waals surface area contributed by atoms with Gasteiger partial charge in [-0.05, 0) is 24.2 Å². The maximum absolute atomic E-state index is 12.5. The fourth-order valence-electron chi connectivity index (χ4n) is 3.09. The lowest BCUT2D eigenvalue weighted by Crippen LogP contribution is -2.40. The normalized spacial score (nSPS) is 27.3. The summed E-state index contributed by atoms with van der Waals surface area (Å²) in [4.78, 5) is 25.5. The van der Waals surface area contributed by atoms with Crippen LogP contribution >= 0.6 is 0 Å². The molecule has 110 valence electrons. The van der Waals surface area contributed by atoms with E-state index in [2.05, 4.69) is 27.7 Å². The molecule has 3 atom stereocenters. The van der Waals surface area contributed by atoms with Gasteiger partial charge in [0.25, 0.3) is 0 Å². The number of carbonyl (C=O) groups is 2. The summed E-state index contributed by atoms with van der Waals surface area (Å²) in [5, 5.41) is 9.29. The topological polar surface area (TPSA) is 57.6 Å². The molecule has 4 nitrogen and oxygen atoms in total. The Morgan fingerprint density at radius 3 is 2.16 bits per heavy atom. The van der Waals surface area contributed by atoms with Crippen molar-refractivity contribution in [3.8, 4) is 0 Å². The molecule has 0 heterocycles. The van der Waals surface area contributed by atoms with Crippen LogP contribution in [-0.2, 0) is 9.59 Å². The lowest BCUT2D eigenvalue weighted by atomic mass is 9.92. The molecule has 1 saturated carbocycles. The van der Waals surface area contributed by atoms with E-state index >= 15 is 0 Å². The van der Waals surface area contributed by atoms with Crippen molar-refractivity contribution in [2.75, 3.05) is 13.6 Å². The van der Waals surface area contributed by atoms with Crippen LogP contribution < -0.4 is 0 Å². The Kier molecular flexibility index (Phi) is 4.99. The fraction of sp³-hybridized carbons (Fsp3) is 0.867. The highest BCUT2D eigenvalue weighted by Gasteiger charge is 2.43. The number of carbonyl (C=O) groups excluding carboxylic acids is 1. The van der Waals surface area contributed by atoms with Gasteiger partial charge in [-0.1, -0.05) is 34.1 Å². The molecule has 1 rings (SSSR count). The second-order valence-corrected chi connectivity index (χ2v) is 7.05. The highest BCUT2D eigenvalue weighted by Crippen LogP contribution is 2.39. The fourth-order valence-corrected chi connectivity index (χ4v) is 3.09. The quantitative estimate of drug-likeness (QED) is 0.853. The van der Waals surface area contributed by atoms with Crippen molar-refractivity contribution in [2.24, 2.45) is 23.2 Å². The maximum Gasteiger partial charge on any atom is 0.307 e. The van der Waals surface area contributed by atoms with Crippen LogP contribution in [0.15, 0.2) is 0 Å². The number of carboxylic acids is 1. The van der Waals surface area contributed by atoms with Crippen molar-refractivity contribution in [3.63, 3.8) is 0 Å². The smallest absolute Gasteiger partial charge is 0.307 e. The zero-order valence-corrected chi connectivity index (χ0v) is 12.8. The number of hydrogen-bond donors (Lipinski definition) is 1. The van der Waals surface area contributed by atoms with Gasteiger partial charge >= 0.3 is 5.97 Å². The van der Waals surface area contributed by atoms with Gasteiger partial charge in [-0.2, -0.15) is 0 Å². The summed E-state index contributed by atoms with van der Waals surface area (Å²) in [6.45, 7) is 8.96. The Balaban J connectivity index is 2.76. The van der Waals surface area contributed by atoms with E-state index in [1.807, 2.05) is 0 Å². The van der Waals surface area contributed by atoms with Gasteiger partial charge in [0, 0.05) is 13.6 Å². The number of nitrogens with zero attached hydrogens (tertiary/aromatic N) is 1. The highest BCUT2D eigenvalue weighted by atomic mass is 16.4. The zero-order chi connectivity index (χ0) is 14.8. The first-order chi connectivity index (χ1) is 8.65. The van der Waals surface area contributed by atoms with Crippen LogP contribution in [0, 0.1) is 23.2 Å². The predicted octanol–water partition coefficient (Wildman–Crippen LogP) is 2.63. The van der Waals surface area contributed by atoms with Gasteiger partial charge in [0.1, 0.15) is 0 Å². The minimum absolute atomic E-state index is 0.00160. The van der Waals surface area contributed by atoms with Gasteiger partial charge in [-0.3, -0.25) is 9.59 Å². The first-order valence-electron chi connectivity index (χ1n) is 7.13. The van der Waals surface area contributed by atoms with Gasteiger partial charge in [0.15, 0.2) is 0 Å². The lowest BCUT2D eigenvalue weighted by molar-refractivity contribution is -0.149. The minimum atomic E-state index is -0.821. The second-order valence-electron chi connectivity index (χ2n) is 7.05. The third-order valence-corrected chi connectivity index (χ3v) is 3.96. The molecule has 0 spiro atoms. The van der Waals surface area contributed by atoms with E-state index in [9.17, 15) is 14.7 Å². The first kappa shape index (κ1) is 16.0. The van der Waals surface area contributed by atoms with Gasteiger partial charge < -0.3 is 10.0 Å². The summed E-state index contributed by atoms with van der Waals surface area (Å²) in [5.74, 6) is -1.29. The van der Waals surface area contributed by atoms with E-state index in [-0.39, 0.29) is 17.2 Å². The Hall–Kier alpha value is -1.06. The number of amides is 1. The standard InChI is InChI=1S/C15H27NO3/c1-6-10-7-11(12(8-10)14(18)19)13(17)16(5)9-15(2,3)4/h10-12H,6-9H2,1-5H3,(H,18,19)/t10?,11-,12+/m0/s1. The Morgan fingerprint density at radius 1 is 1.21 bits per heavy atom. The molecule has 0 aromatic carbocycles. The third-order valence-electron chi connectivity index (χ3n) is 3.96. The molecule has 0 radical (unpaired) electrons. The van der Waals surface area contributed by atoms with Crippen LogP contribution in [0.3, 0.4) is 0 Å². The van der Waals surface area contributed by atoms with Gasteiger partial charge in [0.2, 0.25) is 5.91 Å². The molecule has 0 aromatic rings. The van der Waals surface area contributed by atoms with Crippen LogP contribution in [-0.4, -0.2) is 35.5 Å². The van der Waals surface area contributed by atoms with Gasteiger partial charge in [-0.25, -0.2) is 0 Å². The molecule has 1 amide bonds. The molecule has 1 unspecified atom stereocenters. The minimum Gasteiger partial charge on any atom is -0.481 e. The molecule has 1 N–H and O–H groups in total. The number of rotatable bonds is 4. The monoisotopic (exact) mass is 269 g/mol. The molecule has 0 saturated heterocycles. The molecule has 0 aliphatic heterocycles. The molecule has 1 aliphatic carbocycles. The van der Waals surface area contributed by atoms with Crippen LogP contribution in [0.5, 0.6) is 0 Å². The molecule has 0 bridgehead atoms. The van der Waals surface area contributed by atoms with Crippen LogP contribution in [0.25, 0.3) is 0 Å². The molecule has 1 aliphatic rings. The predicted molar refractivity (Wildman–Crippen MR) is 74.7 cm³/mol. The molecule has 0 aromatic heterocycles. The molecular formula is C15H27NO3. The summed E-state index contributed by atoms with van der Waals surface area (Å²) >= 11 is 0. The van der Waals surface area contributed by atoms with E-state index in [0.29, 0.717) is 18.9 Å². The van der Waals surface area contributed by atoms with Crippen molar-refractivity contribution in [3.05, 3.63) is 0 Å². The average Bonchev–Trinajstić information content (AvgIpc) is 2.69. The Labute approximate surface area is 116 Å². The molecule has 4 heteroatoms. The van der Waals surface area contributed by atoms with Crippen LogP contribution in [0.1, 0.15) is 47.0 Å². The lowest BCUT2D eigenvalue weighted by Gasteiger charge is -2.29. The van der Waals surface area contributed by atoms with E-state index < -0.39 is 11.9 Å². The van der Waals surface area contributed by atoms with E-state index in [4.69, 9.17) is 0 Å². The van der Waals surface area contributed by atoms with Gasteiger partial charge in [-0.15, -0.1) is 0 Å². The van der Waals surface area contributed by atoms with E-state index in [1.54, 1.807) is 11.9 Å². The first-order valence-corrected chi connectivity index (χ1v) is 7.13. The van der Waals surface area contributed by atoms with Crippen molar-refractivity contribution in [1.29, 1.82) is 0 Å².